The van der Waals surface area contributed by atoms with Gasteiger partial charge in [-0.15, -0.1) is 0 Å². The van der Waals surface area contributed by atoms with Crippen LogP contribution < -0.4 is 0 Å². The molecule has 0 atom stereocenters. The lowest BCUT2D eigenvalue weighted by Gasteiger charge is -2.12. The van der Waals surface area contributed by atoms with Crippen LogP contribution in [0.5, 0.6) is 0 Å². The molecule has 0 heterocycles. The standard InChI is InChI=1S/C6H13N/c1-6(2,3)5-7-4/h4-5H2,1-3H3. The van der Waals surface area contributed by atoms with Crippen molar-refractivity contribution in [1.29, 1.82) is 0 Å². The summed E-state index contributed by atoms with van der Waals surface area (Å²) in [4.78, 5) is 3.76. The third-order valence-corrected chi connectivity index (χ3v) is 0.586. The van der Waals surface area contributed by atoms with Crippen LogP contribution in [0.25, 0.3) is 0 Å². The van der Waals surface area contributed by atoms with Crippen LogP contribution in [-0.4, -0.2) is 13.3 Å². The molecule has 0 N–H and O–H groups in total. The summed E-state index contributed by atoms with van der Waals surface area (Å²) >= 11 is 0. The maximum absolute atomic E-state index is 3.76. The van der Waals surface area contributed by atoms with Crippen molar-refractivity contribution >= 4 is 6.72 Å². The highest BCUT2D eigenvalue weighted by atomic mass is 14.7. The molecule has 0 aliphatic rings. The first-order chi connectivity index (χ1) is 3.06. The average Bonchev–Trinajstić information content (AvgIpc) is 1.30. The summed E-state index contributed by atoms with van der Waals surface area (Å²) in [5.41, 5.74) is 0.321. The maximum Gasteiger partial charge on any atom is 0.0430 e. The first-order valence-corrected chi connectivity index (χ1v) is 2.49. The van der Waals surface area contributed by atoms with E-state index in [2.05, 4.69) is 32.5 Å². The van der Waals surface area contributed by atoms with Crippen LogP contribution in [0, 0.1) is 5.41 Å². The molecule has 0 aromatic rings. The lowest BCUT2D eigenvalue weighted by Crippen LogP contribution is -2.08. The molecule has 7 heavy (non-hydrogen) atoms. The van der Waals surface area contributed by atoms with Gasteiger partial charge in [-0.2, -0.15) is 0 Å². The lowest BCUT2D eigenvalue weighted by atomic mass is 9.98. The summed E-state index contributed by atoms with van der Waals surface area (Å²) in [5, 5.41) is 0. The van der Waals surface area contributed by atoms with E-state index in [0.29, 0.717) is 5.41 Å². The second-order valence-corrected chi connectivity index (χ2v) is 2.94. The molecule has 0 aromatic heterocycles. The van der Waals surface area contributed by atoms with Crippen molar-refractivity contribution < 1.29 is 0 Å². The zero-order chi connectivity index (χ0) is 5.91. The highest BCUT2D eigenvalue weighted by Gasteiger charge is 2.06. The van der Waals surface area contributed by atoms with Gasteiger partial charge >= 0.3 is 0 Å². The molecule has 0 amide bonds. The van der Waals surface area contributed by atoms with Crippen molar-refractivity contribution in [3.63, 3.8) is 0 Å². The molecule has 0 aromatic carbocycles. The topological polar surface area (TPSA) is 12.4 Å². The van der Waals surface area contributed by atoms with Gasteiger partial charge in [0.2, 0.25) is 0 Å². The summed E-state index contributed by atoms with van der Waals surface area (Å²) in [6, 6.07) is 0. The normalized spacial score (nSPS) is 11.3. The Balaban J connectivity index is 3.34. The quantitative estimate of drug-likeness (QED) is 0.444. The zero-order valence-corrected chi connectivity index (χ0v) is 5.36. The smallest absolute Gasteiger partial charge is 0.0430 e. The minimum Gasteiger partial charge on any atom is -0.300 e. The highest BCUT2D eigenvalue weighted by Crippen LogP contribution is 2.11. The van der Waals surface area contributed by atoms with Crippen LogP contribution in [0.2, 0.25) is 0 Å². The zero-order valence-electron chi connectivity index (χ0n) is 5.36. The molecule has 42 valence electrons. The fraction of sp³-hybridized carbons (Fsp3) is 0.833. The van der Waals surface area contributed by atoms with Crippen LogP contribution in [0.3, 0.4) is 0 Å². The van der Waals surface area contributed by atoms with E-state index in [4.69, 9.17) is 0 Å². The van der Waals surface area contributed by atoms with Gasteiger partial charge in [0.25, 0.3) is 0 Å². The molecular weight excluding hydrogens is 86.1 g/mol. The van der Waals surface area contributed by atoms with Crippen molar-refractivity contribution in [2.24, 2.45) is 10.4 Å². The predicted octanol–water partition coefficient (Wildman–Crippen LogP) is 1.73. The van der Waals surface area contributed by atoms with Gasteiger partial charge in [0.05, 0.1) is 0 Å². The van der Waals surface area contributed by atoms with Gasteiger partial charge in [-0.1, -0.05) is 20.8 Å². The number of rotatable bonds is 1. The van der Waals surface area contributed by atoms with Gasteiger partial charge in [-0.05, 0) is 12.1 Å². The largest absolute Gasteiger partial charge is 0.300 e. The summed E-state index contributed by atoms with van der Waals surface area (Å²) in [5.74, 6) is 0. The Hall–Kier alpha value is -0.330. The van der Waals surface area contributed by atoms with Crippen LogP contribution in [0.4, 0.5) is 0 Å². The van der Waals surface area contributed by atoms with E-state index in [9.17, 15) is 0 Å². The summed E-state index contributed by atoms with van der Waals surface area (Å²) in [6.07, 6.45) is 0. The number of hydrogen-bond donors (Lipinski definition) is 0. The molecule has 0 unspecified atom stereocenters. The second-order valence-electron chi connectivity index (χ2n) is 2.94. The second kappa shape index (κ2) is 2.10. The van der Waals surface area contributed by atoms with E-state index < -0.39 is 0 Å². The minimum atomic E-state index is 0.321. The lowest BCUT2D eigenvalue weighted by molar-refractivity contribution is 0.431. The first-order valence-electron chi connectivity index (χ1n) is 2.49. The Morgan fingerprint density at radius 1 is 1.43 bits per heavy atom. The molecule has 0 fully saturated rings. The van der Waals surface area contributed by atoms with Crippen molar-refractivity contribution in [1.82, 2.24) is 0 Å². The molecule has 0 saturated heterocycles. The Kier molecular flexibility index (Phi) is 2.00. The number of nitrogens with zero attached hydrogens (tertiary/aromatic N) is 1. The molecule has 0 radical (unpaired) electrons. The fourth-order valence-corrected chi connectivity index (χ4v) is 0.335. The van der Waals surface area contributed by atoms with Crippen molar-refractivity contribution in [2.75, 3.05) is 6.54 Å². The van der Waals surface area contributed by atoms with Crippen LogP contribution in [0.15, 0.2) is 4.99 Å². The Morgan fingerprint density at radius 3 is 1.86 bits per heavy atom. The molecule has 0 spiro atoms. The molecule has 1 nitrogen and oxygen atoms in total. The number of aliphatic imine (C=N–C) groups is 1. The summed E-state index contributed by atoms with van der Waals surface area (Å²) < 4.78 is 0. The van der Waals surface area contributed by atoms with Crippen molar-refractivity contribution in [2.45, 2.75) is 20.8 Å². The fourth-order valence-electron chi connectivity index (χ4n) is 0.335. The van der Waals surface area contributed by atoms with E-state index in [-0.39, 0.29) is 0 Å². The average molecular weight is 99.2 g/mol. The Bertz CT molecular complexity index is 59.1. The third kappa shape index (κ3) is 5.67. The van der Waals surface area contributed by atoms with E-state index >= 15 is 0 Å². The first kappa shape index (κ1) is 6.67. The monoisotopic (exact) mass is 99.1 g/mol. The van der Waals surface area contributed by atoms with E-state index in [0.717, 1.165) is 6.54 Å². The van der Waals surface area contributed by atoms with Gasteiger partial charge in [0.15, 0.2) is 0 Å². The minimum absolute atomic E-state index is 0.321. The Morgan fingerprint density at radius 2 is 1.86 bits per heavy atom. The van der Waals surface area contributed by atoms with Crippen LogP contribution in [-0.2, 0) is 0 Å². The third-order valence-electron chi connectivity index (χ3n) is 0.586. The van der Waals surface area contributed by atoms with E-state index in [1.807, 2.05) is 0 Å². The Labute approximate surface area is 45.5 Å². The van der Waals surface area contributed by atoms with E-state index in [1.54, 1.807) is 0 Å². The van der Waals surface area contributed by atoms with E-state index in [1.165, 1.54) is 0 Å². The summed E-state index contributed by atoms with van der Waals surface area (Å²) in [7, 11) is 0. The van der Waals surface area contributed by atoms with Crippen LogP contribution in [0.1, 0.15) is 20.8 Å². The SMILES string of the molecule is C=NCC(C)(C)C. The molecule has 0 bridgehead atoms. The van der Waals surface area contributed by atoms with Gasteiger partial charge in [-0.25, -0.2) is 0 Å². The molecule has 0 aliphatic carbocycles. The molecule has 1 heteroatoms. The number of hydrogen-bond acceptors (Lipinski definition) is 1. The molecule has 0 saturated carbocycles. The maximum atomic E-state index is 3.76. The summed E-state index contributed by atoms with van der Waals surface area (Å²) in [6.45, 7) is 10.7. The van der Waals surface area contributed by atoms with Gasteiger partial charge in [0, 0.05) is 6.54 Å². The highest BCUT2D eigenvalue weighted by molar-refractivity contribution is 5.23. The molecular formula is C6H13N. The predicted molar refractivity (Wildman–Crippen MR) is 33.9 cm³/mol. The van der Waals surface area contributed by atoms with Gasteiger partial charge in [-0.3, -0.25) is 0 Å². The van der Waals surface area contributed by atoms with Crippen LogP contribution >= 0.6 is 0 Å². The van der Waals surface area contributed by atoms with Crippen molar-refractivity contribution in [3.8, 4) is 0 Å². The van der Waals surface area contributed by atoms with Gasteiger partial charge in [0.1, 0.15) is 0 Å². The molecule has 0 aliphatic heterocycles. The van der Waals surface area contributed by atoms with Gasteiger partial charge < -0.3 is 4.99 Å². The van der Waals surface area contributed by atoms with Crippen molar-refractivity contribution in [3.05, 3.63) is 0 Å². The molecule has 0 rings (SSSR count).